The predicted octanol–water partition coefficient (Wildman–Crippen LogP) is 6.06. The van der Waals surface area contributed by atoms with E-state index < -0.39 is 11.9 Å². The lowest BCUT2D eigenvalue weighted by Gasteiger charge is -2.34. The van der Waals surface area contributed by atoms with Crippen LogP contribution in [0.3, 0.4) is 0 Å². The Hall–Kier alpha value is -2.73. The molecule has 1 fully saturated rings. The topological polar surface area (TPSA) is 55.2 Å². The molecule has 1 atom stereocenters. The van der Waals surface area contributed by atoms with E-state index in [1.165, 1.54) is 29.2 Å². The first-order valence-corrected chi connectivity index (χ1v) is 12.1. The number of halogens is 2. The van der Waals surface area contributed by atoms with Gasteiger partial charge < -0.3 is 4.90 Å². The Morgan fingerprint density at radius 3 is 2.64 bits per heavy atom. The Morgan fingerprint density at radius 1 is 1.21 bits per heavy atom. The summed E-state index contributed by atoms with van der Waals surface area (Å²) in [6.45, 7) is 4.52. The van der Waals surface area contributed by atoms with Crippen molar-refractivity contribution >= 4 is 28.4 Å². The van der Waals surface area contributed by atoms with E-state index in [2.05, 4.69) is 0 Å². The van der Waals surface area contributed by atoms with E-state index in [-0.39, 0.29) is 22.4 Å². The molecule has 1 saturated carbocycles. The lowest BCUT2D eigenvalue weighted by molar-refractivity contribution is -0.139. The van der Waals surface area contributed by atoms with Crippen LogP contribution in [0.1, 0.15) is 64.2 Å². The van der Waals surface area contributed by atoms with Crippen LogP contribution in [0, 0.1) is 11.7 Å². The number of amides is 1. The molecule has 0 bridgehead atoms. The molecule has 3 aromatic rings. The monoisotopic (exact) mass is 469 g/mol. The van der Waals surface area contributed by atoms with Gasteiger partial charge in [0.2, 0.25) is 5.91 Å². The van der Waals surface area contributed by atoms with Gasteiger partial charge in [0.15, 0.2) is 0 Å². The van der Waals surface area contributed by atoms with Crippen molar-refractivity contribution in [2.75, 3.05) is 6.54 Å². The number of carbonyl (C=O) groups excluding carboxylic acids is 1. The van der Waals surface area contributed by atoms with Gasteiger partial charge in [-0.3, -0.25) is 14.2 Å². The van der Waals surface area contributed by atoms with Crippen molar-refractivity contribution in [1.29, 1.82) is 0 Å². The van der Waals surface area contributed by atoms with E-state index in [4.69, 9.17) is 16.6 Å². The van der Waals surface area contributed by atoms with Gasteiger partial charge in [-0.25, -0.2) is 9.37 Å². The minimum absolute atomic E-state index is 0.00800. The highest BCUT2D eigenvalue weighted by Gasteiger charge is 2.31. The number of para-hydroxylation sites is 1. The molecule has 0 N–H and O–H groups in total. The molecule has 0 spiro atoms. The van der Waals surface area contributed by atoms with Crippen molar-refractivity contribution in [2.24, 2.45) is 5.92 Å². The van der Waals surface area contributed by atoms with Crippen molar-refractivity contribution in [2.45, 2.75) is 58.4 Å². The molecule has 2 aromatic carbocycles. The minimum Gasteiger partial charge on any atom is -0.333 e. The molecule has 4 rings (SSSR count). The summed E-state index contributed by atoms with van der Waals surface area (Å²) in [7, 11) is 0. The summed E-state index contributed by atoms with van der Waals surface area (Å²) in [4.78, 5) is 33.8. The molecule has 1 aliphatic rings. The first-order valence-electron chi connectivity index (χ1n) is 11.7. The van der Waals surface area contributed by atoms with Gasteiger partial charge in [0.05, 0.1) is 27.7 Å². The van der Waals surface area contributed by atoms with Gasteiger partial charge in [0, 0.05) is 12.5 Å². The van der Waals surface area contributed by atoms with Crippen LogP contribution in [0.4, 0.5) is 4.39 Å². The van der Waals surface area contributed by atoms with Crippen LogP contribution in [0.5, 0.6) is 0 Å². The highest BCUT2D eigenvalue weighted by atomic mass is 35.5. The van der Waals surface area contributed by atoms with Crippen LogP contribution in [0.2, 0.25) is 5.02 Å². The SMILES string of the molecule is CCCN(C(=O)C1CCCCC1)C(C)c1nc2ccccc2c(=O)n1-c1ccc(F)c(Cl)c1. The summed E-state index contributed by atoms with van der Waals surface area (Å²) < 4.78 is 15.3. The lowest BCUT2D eigenvalue weighted by atomic mass is 9.88. The molecule has 1 heterocycles. The Labute approximate surface area is 198 Å². The van der Waals surface area contributed by atoms with Gasteiger partial charge >= 0.3 is 0 Å². The lowest BCUT2D eigenvalue weighted by Crippen LogP contribution is -2.41. The Kier molecular flexibility index (Phi) is 7.13. The summed E-state index contributed by atoms with van der Waals surface area (Å²) in [5.41, 5.74) is 0.718. The number of nitrogens with zero attached hydrogens (tertiary/aromatic N) is 3. The molecule has 0 aliphatic heterocycles. The zero-order chi connectivity index (χ0) is 23.5. The first kappa shape index (κ1) is 23.4. The van der Waals surface area contributed by atoms with Gasteiger partial charge in [-0.15, -0.1) is 0 Å². The van der Waals surface area contributed by atoms with Gasteiger partial charge in [-0.2, -0.15) is 0 Å². The highest BCUT2D eigenvalue weighted by Crippen LogP contribution is 2.30. The summed E-state index contributed by atoms with van der Waals surface area (Å²) in [5, 5.41) is 0.379. The van der Waals surface area contributed by atoms with Gasteiger partial charge in [-0.05, 0) is 56.5 Å². The second kappa shape index (κ2) is 10.0. The molecule has 7 heteroatoms. The largest absolute Gasteiger partial charge is 0.333 e. The van der Waals surface area contributed by atoms with E-state index in [9.17, 15) is 14.0 Å². The van der Waals surface area contributed by atoms with Crippen molar-refractivity contribution in [3.63, 3.8) is 0 Å². The molecule has 5 nitrogen and oxygen atoms in total. The predicted molar refractivity (Wildman–Crippen MR) is 129 cm³/mol. The standard InChI is InChI=1S/C26H29ClFN3O2/c1-3-15-30(25(32)18-9-5-4-6-10-18)17(2)24-29-23-12-8-7-11-20(23)26(33)31(24)19-13-14-22(28)21(27)16-19/h7-8,11-14,16-18H,3-6,9-10,15H2,1-2H3. The van der Waals surface area contributed by atoms with Crippen LogP contribution in [0.25, 0.3) is 16.6 Å². The Morgan fingerprint density at radius 2 is 1.94 bits per heavy atom. The third-order valence-corrected chi connectivity index (χ3v) is 6.80. The molecule has 33 heavy (non-hydrogen) atoms. The number of carbonyl (C=O) groups is 1. The van der Waals surface area contributed by atoms with Crippen LogP contribution >= 0.6 is 11.6 Å². The van der Waals surface area contributed by atoms with Crippen molar-refractivity contribution < 1.29 is 9.18 Å². The zero-order valence-corrected chi connectivity index (χ0v) is 19.8. The fourth-order valence-electron chi connectivity index (χ4n) is 4.76. The fourth-order valence-corrected chi connectivity index (χ4v) is 4.94. The van der Waals surface area contributed by atoms with Crippen LogP contribution in [-0.2, 0) is 4.79 Å². The zero-order valence-electron chi connectivity index (χ0n) is 19.1. The maximum atomic E-state index is 13.9. The van der Waals surface area contributed by atoms with Crippen molar-refractivity contribution in [1.82, 2.24) is 14.5 Å². The smallest absolute Gasteiger partial charge is 0.266 e. The molecular weight excluding hydrogens is 441 g/mol. The number of benzene rings is 2. The molecular formula is C26H29ClFN3O2. The molecule has 1 unspecified atom stereocenters. The van der Waals surface area contributed by atoms with Crippen LogP contribution in [-0.4, -0.2) is 26.9 Å². The average Bonchev–Trinajstić information content (AvgIpc) is 2.84. The molecule has 1 aromatic heterocycles. The number of fused-ring (bicyclic) bond motifs is 1. The van der Waals surface area contributed by atoms with Gasteiger partial charge in [-0.1, -0.05) is 49.9 Å². The van der Waals surface area contributed by atoms with Crippen molar-refractivity contribution in [3.8, 4) is 5.69 Å². The number of hydrogen-bond acceptors (Lipinski definition) is 3. The quantitative estimate of drug-likeness (QED) is 0.441. The molecule has 1 aliphatic carbocycles. The van der Waals surface area contributed by atoms with E-state index in [1.807, 2.05) is 24.8 Å². The van der Waals surface area contributed by atoms with Crippen LogP contribution in [0.15, 0.2) is 47.3 Å². The van der Waals surface area contributed by atoms with E-state index in [0.29, 0.717) is 29.0 Å². The Balaban J connectivity index is 1.87. The van der Waals surface area contributed by atoms with Gasteiger partial charge in [0.25, 0.3) is 5.56 Å². The van der Waals surface area contributed by atoms with E-state index >= 15 is 0 Å². The molecule has 1 amide bonds. The second-order valence-corrected chi connectivity index (χ2v) is 9.18. The summed E-state index contributed by atoms with van der Waals surface area (Å²) in [6.07, 6.45) is 5.90. The number of hydrogen-bond donors (Lipinski definition) is 0. The highest BCUT2D eigenvalue weighted by molar-refractivity contribution is 6.30. The third kappa shape index (κ3) is 4.67. The van der Waals surface area contributed by atoms with Crippen LogP contribution < -0.4 is 5.56 Å². The van der Waals surface area contributed by atoms with E-state index in [0.717, 1.165) is 32.1 Å². The summed E-state index contributed by atoms with van der Waals surface area (Å²) >= 11 is 6.06. The molecule has 174 valence electrons. The number of rotatable bonds is 6. The summed E-state index contributed by atoms with van der Waals surface area (Å²) in [6, 6.07) is 10.9. The first-order chi connectivity index (χ1) is 15.9. The number of aromatic nitrogens is 2. The average molecular weight is 470 g/mol. The van der Waals surface area contributed by atoms with Gasteiger partial charge in [0.1, 0.15) is 11.6 Å². The maximum Gasteiger partial charge on any atom is 0.266 e. The second-order valence-electron chi connectivity index (χ2n) is 8.77. The third-order valence-electron chi connectivity index (χ3n) is 6.51. The Bertz CT molecular complexity index is 1220. The summed E-state index contributed by atoms with van der Waals surface area (Å²) in [5.74, 6) is 0.0136. The maximum absolute atomic E-state index is 13.9. The normalized spacial score (nSPS) is 15.5. The van der Waals surface area contributed by atoms with E-state index in [1.54, 1.807) is 18.2 Å². The fraction of sp³-hybridized carbons (Fsp3) is 0.423. The van der Waals surface area contributed by atoms with Crippen molar-refractivity contribution in [3.05, 3.63) is 69.5 Å². The minimum atomic E-state index is -0.558. The molecule has 0 radical (unpaired) electrons. The molecule has 0 saturated heterocycles.